The highest BCUT2D eigenvalue weighted by atomic mass is 35.5. The van der Waals surface area contributed by atoms with Gasteiger partial charge in [-0.1, -0.05) is 23.7 Å². The maximum Gasteiger partial charge on any atom is 0.259 e. The number of carbonyl (C=O) groups is 1. The van der Waals surface area contributed by atoms with Gasteiger partial charge in [0, 0.05) is 31.4 Å². The lowest BCUT2D eigenvalue weighted by atomic mass is 10.1. The summed E-state index contributed by atoms with van der Waals surface area (Å²) in [6.07, 6.45) is 0. The van der Waals surface area contributed by atoms with Gasteiger partial charge in [0.15, 0.2) is 0 Å². The minimum Gasteiger partial charge on any atom is -0.496 e. The quantitative estimate of drug-likeness (QED) is 0.679. The highest BCUT2D eigenvalue weighted by Gasteiger charge is 2.16. The third-order valence-corrected chi connectivity index (χ3v) is 4.61. The Balaban J connectivity index is 0.00000196. The van der Waals surface area contributed by atoms with Gasteiger partial charge in [-0.2, -0.15) is 0 Å². The molecular weight excluding hydrogens is 425 g/mol. The molecule has 0 bridgehead atoms. The second kappa shape index (κ2) is 11.3. The minimum atomic E-state index is -0.301. The Kier molecular flexibility index (Phi) is 9.85. The van der Waals surface area contributed by atoms with E-state index in [-0.39, 0.29) is 30.7 Å². The van der Waals surface area contributed by atoms with Crippen LogP contribution >= 0.6 is 36.4 Å². The Morgan fingerprint density at radius 2 is 1.86 bits per heavy atom. The summed E-state index contributed by atoms with van der Waals surface area (Å²) >= 11 is 6.03. The number of halogens is 3. The third kappa shape index (κ3) is 6.15. The highest BCUT2D eigenvalue weighted by molar-refractivity contribution is 6.33. The second-order valence-corrected chi connectivity index (χ2v) is 6.52. The lowest BCUT2D eigenvalue weighted by molar-refractivity contribution is 0.0342. The first-order valence-corrected chi connectivity index (χ1v) is 8.78. The lowest BCUT2D eigenvalue weighted by Gasteiger charge is -2.26. The molecule has 0 saturated carbocycles. The first-order valence-electron chi connectivity index (χ1n) is 8.40. The van der Waals surface area contributed by atoms with E-state index in [1.807, 2.05) is 24.3 Å². The van der Waals surface area contributed by atoms with Crippen LogP contribution in [0.4, 0.5) is 11.4 Å². The van der Waals surface area contributed by atoms with Crippen LogP contribution in [0.5, 0.6) is 5.75 Å². The number of hydrogen-bond acceptors (Lipinski definition) is 5. The van der Waals surface area contributed by atoms with Crippen LogP contribution in [0.2, 0.25) is 5.02 Å². The summed E-state index contributed by atoms with van der Waals surface area (Å²) in [6.45, 7) is 4.31. The Morgan fingerprint density at radius 3 is 2.46 bits per heavy atom. The fraction of sp³-hybridized carbons (Fsp3) is 0.316. The molecule has 1 aliphatic heterocycles. The Morgan fingerprint density at radius 1 is 1.21 bits per heavy atom. The number of methoxy groups -OCH3 is 1. The summed E-state index contributed by atoms with van der Waals surface area (Å²) in [6, 6.07) is 10.9. The van der Waals surface area contributed by atoms with Crippen molar-refractivity contribution in [2.75, 3.05) is 44.5 Å². The van der Waals surface area contributed by atoms with Crippen molar-refractivity contribution in [2.45, 2.75) is 6.54 Å². The van der Waals surface area contributed by atoms with E-state index in [0.29, 0.717) is 27.7 Å². The van der Waals surface area contributed by atoms with Crippen molar-refractivity contribution in [3.63, 3.8) is 0 Å². The molecule has 3 N–H and O–H groups in total. The predicted octanol–water partition coefficient (Wildman–Crippen LogP) is 3.86. The van der Waals surface area contributed by atoms with Gasteiger partial charge in [-0.15, -0.1) is 24.8 Å². The average Bonchev–Trinajstić information content (AvgIpc) is 2.66. The molecule has 9 heteroatoms. The van der Waals surface area contributed by atoms with Crippen molar-refractivity contribution >= 4 is 53.7 Å². The van der Waals surface area contributed by atoms with Crippen molar-refractivity contribution in [3.8, 4) is 5.75 Å². The van der Waals surface area contributed by atoms with Gasteiger partial charge in [0.1, 0.15) is 5.75 Å². The summed E-state index contributed by atoms with van der Waals surface area (Å²) in [5.41, 5.74) is 8.36. The van der Waals surface area contributed by atoms with Gasteiger partial charge in [0.25, 0.3) is 5.91 Å². The first kappa shape index (κ1) is 24.3. The van der Waals surface area contributed by atoms with Gasteiger partial charge in [-0.3, -0.25) is 9.69 Å². The van der Waals surface area contributed by atoms with Crippen molar-refractivity contribution in [1.82, 2.24) is 4.90 Å². The lowest BCUT2D eigenvalue weighted by Crippen LogP contribution is -2.35. The van der Waals surface area contributed by atoms with Gasteiger partial charge in [0.2, 0.25) is 0 Å². The first-order chi connectivity index (χ1) is 12.6. The van der Waals surface area contributed by atoms with Crippen LogP contribution in [-0.2, 0) is 11.3 Å². The molecule has 2 aromatic carbocycles. The maximum absolute atomic E-state index is 12.5. The summed E-state index contributed by atoms with van der Waals surface area (Å²) in [5, 5.41) is 3.17. The van der Waals surface area contributed by atoms with Crippen molar-refractivity contribution in [1.29, 1.82) is 0 Å². The van der Waals surface area contributed by atoms with Crippen LogP contribution in [0, 0.1) is 0 Å². The number of benzene rings is 2. The molecule has 1 saturated heterocycles. The molecule has 28 heavy (non-hydrogen) atoms. The number of nitrogens with one attached hydrogen (secondary N) is 1. The molecule has 0 aromatic heterocycles. The van der Waals surface area contributed by atoms with Crippen LogP contribution in [0.3, 0.4) is 0 Å². The number of anilines is 2. The molecule has 1 amide bonds. The summed E-state index contributed by atoms with van der Waals surface area (Å²) in [5.74, 6) is 0.0815. The monoisotopic (exact) mass is 447 g/mol. The molecule has 0 spiro atoms. The number of morpholine rings is 1. The average molecular weight is 449 g/mol. The number of nitrogens with two attached hydrogens (primary N) is 1. The summed E-state index contributed by atoms with van der Waals surface area (Å²) in [4.78, 5) is 14.9. The molecule has 0 unspecified atom stereocenters. The van der Waals surface area contributed by atoms with Crippen LogP contribution in [-0.4, -0.2) is 44.2 Å². The van der Waals surface area contributed by atoms with Crippen molar-refractivity contribution in [3.05, 3.63) is 52.5 Å². The number of amides is 1. The van der Waals surface area contributed by atoms with Gasteiger partial charge < -0.3 is 20.5 Å². The van der Waals surface area contributed by atoms with Crippen LogP contribution in [0.25, 0.3) is 0 Å². The number of nitrogen functional groups attached to an aromatic ring is 1. The van der Waals surface area contributed by atoms with Crippen LogP contribution in [0.15, 0.2) is 36.4 Å². The normalized spacial score (nSPS) is 13.8. The van der Waals surface area contributed by atoms with E-state index in [2.05, 4.69) is 10.2 Å². The largest absolute Gasteiger partial charge is 0.496 e. The van der Waals surface area contributed by atoms with Gasteiger partial charge >= 0.3 is 0 Å². The van der Waals surface area contributed by atoms with E-state index in [0.717, 1.165) is 32.8 Å². The fourth-order valence-electron chi connectivity index (χ4n) is 2.82. The van der Waals surface area contributed by atoms with Crippen molar-refractivity contribution in [2.24, 2.45) is 0 Å². The fourth-order valence-corrected chi connectivity index (χ4v) is 2.99. The molecule has 1 fully saturated rings. The van der Waals surface area contributed by atoms with Gasteiger partial charge in [-0.05, 0) is 23.8 Å². The molecular formula is C19H24Cl3N3O3. The minimum absolute atomic E-state index is 0. The molecule has 154 valence electrons. The number of nitrogens with zero attached hydrogens (tertiary/aromatic N) is 1. The van der Waals surface area contributed by atoms with Crippen molar-refractivity contribution < 1.29 is 14.3 Å². The molecule has 2 aromatic rings. The molecule has 0 radical (unpaired) electrons. The molecule has 0 aliphatic carbocycles. The maximum atomic E-state index is 12.5. The van der Waals surface area contributed by atoms with Gasteiger partial charge in [0.05, 0.1) is 36.6 Å². The summed E-state index contributed by atoms with van der Waals surface area (Å²) in [7, 11) is 1.49. The smallest absolute Gasteiger partial charge is 0.259 e. The predicted molar refractivity (Wildman–Crippen MR) is 117 cm³/mol. The zero-order valence-electron chi connectivity index (χ0n) is 15.4. The number of carbonyl (C=O) groups excluding carboxylic acids is 1. The van der Waals surface area contributed by atoms with Crippen LogP contribution in [0.1, 0.15) is 15.9 Å². The highest BCUT2D eigenvalue weighted by Crippen LogP contribution is 2.29. The van der Waals surface area contributed by atoms with Gasteiger partial charge in [-0.25, -0.2) is 0 Å². The number of ether oxygens (including phenoxy) is 2. The third-order valence-electron chi connectivity index (χ3n) is 4.29. The molecule has 6 nitrogen and oxygen atoms in total. The molecule has 3 rings (SSSR count). The van der Waals surface area contributed by atoms with Crippen LogP contribution < -0.4 is 15.8 Å². The standard InChI is InChI=1S/C19H22ClN3O3.2ClH/c1-25-18-11-17(21)16(20)10-15(18)19(24)22-14-4-2-13(3-5-14)12-23-6-8-26-9-7-23;;/h2-5,10-11H,6-9,12,21H2,1H3,(H,22,24);2*1H. The van der Waals surface area contributed by atoms with E-state index in [1.54, 1.807) is 6.07 Å². The summed E-state index contributed by atoms with van der Waals surface area (Å²) < 4.78 is 10.6. The SMILES string of the molecule is COc1cc(N)c(Cl)cc1C(=O)Nc1ccc(CN2CCOCC2)cc1.Cl.Cl. The van der Waals surface area contributed by atoms with E-state index >= 15 is 0 Å². The van der Waals surface area contributed by atoms with E-state index < -0.39 is 0 Å². The molecule has 1 heterocycles. The molecule has 0 atom stereocenters. The Hall–Kier alpha value is -1.70. The molecule has 1 aliphatic rings. The van der Waals surface area contributed by atoms with E-state index in [4.69, 9.17) is 26.8 Å². The topological polar surface area (TPSA) is 76.8 Å². The zero-order chi connectivity index (χ0) is 18.5. The number of hydrogen-bond donors (Lipinski definition) is 2. The Bertz CT molecular complexity index is 782. The second-order valence-electron chi connectivity index (χ2n) is 6.11. The number of rotatable bonds is 5. The van der Waals surface area contributed by atoms with E-state index in [9.17, 15) is 4.79 Å². The van der Waals surface area contributed by atoms with E-state index in [1.165, 1.54) is 18.7 Å². The zero-order valence-corrected chi connectivity index (χ0v) is 17.8. The Labute approximate surface area is 182 Å².